The molecule has 4 N–H and O–H groups in total. The topological polar surface area (TPSA) is 93.5 Å². The van der Waals surface area contributed by atoms with Gasteiger partial charge < -0.3 is 10.2 Å². The van der Waals surface area contributed by atoms with Gasteiger partial charge in [0.2, 0.25) is 10.0 Å². The third-order valence-corrected chi connectivity index (χ3v) is 4.39. The van der Waals surface area contributed by atoms with Crippen molar-refractivity contribution in [2.75, 3.05) is 18.6 Å². The Hall–Kier alpha value is -1.15. The van der Waals surface area contributed by atoms with E-state index in [4.69, 9.17) is 10.6 Å². The van der Waals surface area contributed by atoms with Crippen molar-refractivity contribution in [1.82, 2.24) is 4.72 Å². The molecule has 0 spiro atoms. The molecule has 0 radical (unpaired) electrons. The highest BCUT2D eigenvalue weighted by molar-refractivity contribution is 7.89. The molecule has 1 aromatic carbocycles. The van der Waals surface area contributed by atoms with Gasteiger partial charge in [0.05, 0.1) is 12.3 Å². The number of hydrogen-bond donors (Lipinski definition) is 3. The fourth-order valence-electron chi connectivity index (χ4n) is 1.94. The van der Waals surface area contributed by atoms with Gasteiger partial charge in [-0.05, 0) is 25.0 Å². The van der Waals surface area contributed by atoms with E-state index in [1.165, 1.54) is 6.07 Å². The molecule has 0 amide bonds. The van der Waals surface area contributed by atoms with Crippen LogP contribution in [0, 0.1) is 0 Å². The lowest BCUT2D eigenvalue weighted by Gasteiger charge is -2.23. The Morgan fingerprint density at radius 2 is 2.11 bits per heavy atom. The van der Waals surface area contributed by atoms with Crippen molar-refractivity contribution in [2.45, 2.75) is 23.8 Å². The van der Waals surface area contributed by atoms with Crippen molar-refractivity contribution in [3.63, 3.8) is 0 Å². The Labute approximate surface area is 107 Å². The summed E-state index contributed by atoms with van der Waals surface area (Å²) in [7, 11) is -3.58. The molecular formula is C11H17N3O3S. The van der Waals surface area contributed by atoms with Crippen LogP contribution in [0.15, 0.2) is 29.2 Å². The maximum atomic E-state index is 12.2. The summed E-state index contributed by atoms with van der Waals surface area (Å²) in [6.07, 6.45) is 1.65. The normalized spacial score (nSPS) is 20.6. The lowest BCUT2D eigenvalue weighted by Crippen LogP contribution is -2.40. The summed E-state index contributed by atoms with van der Waals surface area (Å²) in [5, 5.41) is 0. The Bertz CT molecular complexity index is 498. The summed E-state index contributed by atoms with van der Waals surface area (Å²) in [4.78, 5) is 0.151. The number of anilines is 1. The zero-order valence-electron chi connectivity index (χ0n) is 9.93. The molecule has 18 heavy (non-hydrogen) atoms. The third-order valence-electron chi connectivity index (χ3n) is 2.81. The van der Waals surface area contributed by atoms with E-state index >= 15 is 0 Å². The van der Waals surface area contributed by atoms with E-state index in [9.17, 15) is 8.42 Å². The first-order valence-corrected chi connectivity index (χ1v) is 7.27. The second-order valence-electron chi connectivity index (χ2n) is 4.18. The van der Waals surface area contributed by atoms with E-state index in [1.807, 2.05) is 0 Å². The molecule has 7 heteroatoms. The summed E-state index contributed by atoms with van der Waals surface area (Å²) in [5.74, 6) is 5.31. The summed E-state index contributed by atoms with van der Waals surface area (Å²) in [6, 6.07) is 6.34. The number of benzene rings is 1. The number of nitrogen functional groups attached to an aromatic ring is 1. The van der Waals surface area contributed by atoms with Crippen molar-refractivity contribution in [3.05, 3.63) is 24.3 Å². The Morgan fingerprint density at radius 3 is 2.78 bits per heavy atom. The molecule has 1 fully saturated rings. The van der Waals surface area contributed by atoms with E-state index < -0.39 is 10.0 Å². The van der Waals surface area contributed by atoms with Crippen LogP contribution in [0.5, 0.6) is 0 Å². The number of para-hydroxylation sites is 1. The first-order valence-electron chi connectivity index (χ1n) is 5.79. The van der Waals surface area contributed by atoms with Crippen molar-refractivity contribution in [1.29, 1.82) is 0 Å². The minimum atomic E-state index is -3.58. The molecule has 0 aromatic heterocycles. The highest BCUT2D eigenvalue weighted by Crippen LogP contribution is 2.20. The van der Waals surface area contributed by atoms with Crippen LogP contribution in [-0.2, 0) is 14.8 Å². The second-order valence-corrected chi connectivity index (χ2v) is 5.86. The molecule has 1 aromatic rings. The van der Waals surface area contributed by atoms with Gasteiger partial charge >= 0.3 is 0 Å². The molecule has 100 valence electrons. The van der Waals surface area contributed by atoms with Crippen molar-refractivity contribution in [2.24, 2.45) is 5.84 Å². The van der Waals surface area contributed by atoms with Gasteiger partial charge in [-0.15, -0.1) is 0 Å². The van der Waals surface area contributed by atoms with E-state index in [-0.39, 0.29) is 10.9 Å². The Kier molecular flexibility index (Phi) is 4.18. The molecular weight excluding hydrogens is 254 g/mol. The second kappa shape index (κ2) is 5.66. The summed E-state index contributed by atoms with van der Waals surface area (Å²) < 4.78 is 32.3. The van der Waals surface area contributed by atoms with Crippen molar-refractivity contribution >= 4 is 15.7 Å². The Balaban J connectivity index is 2.19. The van der Waals surface area contributed by atoms with Crippen LogP contribution < -0.4 is 16.0 Å². The van der Waals surface area contributed by atoms with Gasteiger partial charge in [-0.2, -0.15) is 0 Å². The summed E-state index contributed by atoms with van der Waals surface area (Å²) >= 11 is 0. The molecule has 2 rings (SSSR count). The average Bonchev–Trinajstić information content (AvgIpc) is 2.39. The van der Waals surface area contributed by atoms with E-state index in [1.54, 1.807) is 18.2 Å². The van der Waals surface area contributed by atoms with Gasteiger partial charge in [0.25, 0.3) is 0 Å². The molecule has 6 nitrogen and oxygen atoms in total. The van der Waals surface area contributed by atoms with Crippen LogP contribution in [0.2, 0.25) is 0 Å². The SMILES string of the molecule is NNc1ccccc1S(=O)(=O)NC1CCCOC1. The third kappa shape index (κ3) is 2.99. The molecule has 0 bridgehead atoms. The number of hydrogen-bond acceptors (Lipinski definition) is 5. The van der Waals surface area contributed by atoms with Crippen LogP contribution in [-0.4, -0.2) is 27.7 Å². The standard InChI is InChI=1S/C11H17N3O3S/c12-13-10-5-1-2-6-11(10)18(15,16)14-9-4-3-7-17-8-9/h1-2,5-6,9,13-14H,3-4,7-8,12H2. The maximum absolute atomic E-state index is 12.2. The monoisotopic (exact) mass is 271 g/mol. The van der Waals surface area contributed by atoms with Crippen LogP contribution in [0.3, 0.4) is 0 Å². The highest BCUT2D eigenvalue weighted by Gasteiger charge is 2.24. The molecule has 1 aliphatic heterocycles. The molecule has 0 aliphatic carbocycles. The number of nitrogens with two attached hydrogens (primary N) is 1. The van der Waals surface area contributed by atoms with E-state index in [0.717, 1.165) is 12.8 Å². The number of hydrazine groups is 1. The zero-order valence-corrected chi connectivity index (χ0v) is 10.7. The predicted molar refractivity (Wildman–Crippen MR) is 68.4 cm³/mol. The fraction of sp³-hybridized carbons (Fsp3) is 0.455. The molecule has 1 saturated heterocycles. The smallest absolute Gasteiger partial charge is 0.243 e. The largest absolute Gasteiger partial charge is 0.380 e. The number of ether oxygens (including phenoxy) is 1. The number of rotatable bonds is 4. The fourth-order valence-corrected chi connectivity index (χ4v) is 3.36. The molecule has 1 aliphatic rings. The average molecular weight is 271 g/mol. The maximum Gasteiger partial charge on any atom is 0.243 e. The molecule has 1 atom stereocenters. The zero-order chi connectivity index (χ0) is 13.0. The first-order chi connectivity index (χ1) is 8.63. The summed E-state index contributed by atoms with van der Waals surface area (Å²) in [5.41, 5.74) is 2.77. The van der Waals surface area contributed by atoms with Crippen LogP contribution in [0.1, 0.15) is 12.8 Å². The minimum Gasteiger partial charge on any atom is -0.380 e. The van der Waals surface area contributed by atoms with Crippen LogP contribution >= 0.6 is 0 Å². The lowest BCUT2D eigenvalue weighted by molar-refractivity contribution is 0.0774. The lowest BCUT2D eigenvalue weighted by atomic mass is 10.1. The van der Waals surface area contributed by atoms with Crippen LogP contribution in [0.25, 0.3) is 0 Å². The predicted octanol–water partition coefficient (Wildman–Crippen LogP) is 0.429. The number of sulfonamides is 1. The van der Waals surface area contributed by atoms with E-state index in [2.05, 4.69) is 10.1 Å². The van der Waals surface area contributed by atoms with Gasteiger partial charge in [-0.1, -0.05) is 12.1 Å². The number of nitrogens with one attached hydrogen (secondary N) is 2. The van der Waals surface area contributed by atoms with Crippen molar-refractivity contribution in [3.8, 4) is 0 Å². The minimum absolute atomic E-state index is 0.151. The molecule has 1 unspecified atom stereocenters. The van der Waals surface area contributed by atoms with Gasteiger partial charge in [0.15, 0.2) is 0 Å². The quantitative estimate of drug-likeness (QED) is 0.545. The van der Waals surface area contributed by atoms with Crippen molar-refractivity contribution < 1.29 is 13.2 Å². The first kappa shape index (κ1) is 13.3. The van der Waals surface area contributed by atoms with Gasteiger partial charge in [-0.25, -0.2) is 13.1 Å². The van der Waals surface area contributed by atoms with Crippen LogP contribution in [0.4, 0.5) is 5.69 Å². The van der Waals surface area contributed by atoms with E-state index in [0.29, 0.717) is 18.9 Å². The highest BCUT2D eigenvalue weighted by atomic mass is 32.2. The van der Waals surface area contributed by atoms with Gasteiger partial charge in [-0.3, -0.25) is 5.84 Å². The summed E-state index contributed by atoms with van der Waals surface area (Å²) in [6.45, 7) is 1.11. The molecule has 0 saturated carbocycles. The Morgan fingerprint density at radius 1 is 1.33 bits per heavy atom. The molecule has 1 heterocycles. The van der Waals surface area contributed by atoms with Gasteiger partial charge in [0.1, 0.15) is 4.90 Å². The van der Waals surface area contributed by atoms with Gasteiger partial charge in [0, 0.05) is 12.6 Å².